The van der Waals surface area contributed by atoms with Gasteiger partial charge in [0, 0.05) is 12.1 Å². The number of hydrogen-bond donors (Lipinski definition) is 2. The van der Waals surface area contributed by atoms with E-state index in [1.54, 1.807) is 0 Å². The zero-order valence-electron chi connectivity index (χ0n) is 10.3. The van der Waals surface area contributed by atoms with Crippen LogP contribution >= 0.6 is 0 Å². The first-order valence-corrected chi connectivity index (χ1v) is 6.11. The van der Waals surface area contributed by atoms with Gasteiger partial charge in [-0.15, -0.1) is 0 Å². The fourth-order valence-corrected chi connectivity index (χ4v) is 1.82. The molecule has 88 valence electrons. The maximum Gasteiger partial charge on any atom is 0.237 e. The van der Waals surface area contributed by atoms with Crippen molar-refractivity contribution in [3.05, 3.63) is 0 Å². The highest BCUT2D eigenvalue weighted by Crippen LogP contribution is 2.29. The second-order valence-electron chi connectivity index (χ2n) is 4.91. The Morgan fingerprint density at radius 3 is 2.53 bits per heavy atom. The molecule has 0 bridgehead atoms. The first-order valence-electron chi connectivity index (χ1n) is 6.11. The highest BCUT2D eigenvalue weighted by atomic mass is 16.2. The van der Waals surface area contributed by atoms with Gasteiger partial charge in [0.05, 0.1) is 6.04 Å². The Hall–Kier alpha value is -0.570. The van der Waals surface area contributed by atoms with Gasteiger partial charge in [0.1, 0.15) is 0 Å². The molecule has 0 aromatic heterocycles. The Labute approximate surface area is 93.0 Å². The van der Waals surface area contributed by atoms with Crippen LogP contribution in [0.3, 0.4) is 0 Å². The third kappa shape index (κ3) is 4.20. The molecule has 1 rings (SSSR count). The Balaban J connectivity index is 2.20. The molecule has 1 fully saturated rings. The van der Waals surface area contributed by atoms with E-state index in [1.165, 1.54) is 6.42 Å². The summed E-state index contributed by atoms with van der Waals surface area (Å²) >= 11 is 0. The van der Waals surface area contributed by atoms with Gasteiger partial charge >= 0.3 is 0 Å². The van der Waals surface area contributed by atoms with Gasteiger partial charge in [0.25, 0.3) is 0 Å². The lowest BCUT2D eigenvalue weighted by Crippen LogP contribution is -2.46. The molecule has 3 nitrogen and oxygen atoms in total. The molecule has 0 radical (unpaired) electrons. The van der Waals surface area contributed by atoms with Gasteiger partial charge in [0.15, 0.2) is 0 Å². The van der Waals surface area contributed by atoms with Gasteiger partial charge in [-0.05, 0) is 32.6 Å². The standard InChI is InChI=1S/C12H24N2O/c1-5-6-9(3)13-12(15)10(4)14-11-7-8(11)2/h8-11,14H,5-7H2,1-4H3,(H,13,15). The van der Waals surface area contributed by atoms with E-state index in [-0.39, 0.29) is 11.9 Å². The monoisotopic (exact) mass is 212 g/mol. The van der Waals surface area contributed by atoms with E-state index in [0.717, 1.165) is 18.8 Å². The van der Waals surface area contributed by atoms with Crippen molar-refractivity contribution in [2.75, 3.05) is 0 Å². The quantitative estimate of drug-likeness (QED) is 0.703. The van der Waals surface area contributed by atoms with Crippen molar-refractivity contribution in [1.82, 2.24) is 10.6 Å². The predicted molar refractivity (Wildman–Crippen MR) is 62.7 cm³/mol. The minimum absolute atomic E-state index is 0.0562. The third-order valence-corrected chi connectivity index (χ3v) is 3.08. The normalized spacial score (nSPS) is 28.3. The van der Waals surface area contributed by atoms with Crippen LogP contribution in [0.15, 0.2) is 0 Å². The number of nitrogens with one attached hydrogen (secondary N) is 2. The van der Waals surface area contributed by atoms with Gasteiger partial charge in [0.2, 0.25) is 5.91 Å². The molecule has 0 heterocycles. The molecule has 2 N–H and O–H groups in total. The summed E-state index contributed by atoms with van der Waals surface area (Å²) in [7, 11) is 0. The SMILES string of the molecule is CCCC(C)NC(=O)C(C)NC1CC1C. The second-order valence-corrected chi connectivity index (χ2v) is 4.91. The summed E-state index contributed by atoms with van der Waals surface area (Å²) in [6, 6.07) is 0.801. The van der Waals surface area contributed by atoms with E-state index >= 15 is 0 Å². The van der Waals surface area contributed by atoms with Crippen molar-refractivity contribution in [3.8, 4) is 0 Å². The van der Waals surface area contributed by atoms with Gasteiger partial charge in [-0.25, -0.2) is 0 Å². The van der Waals surface area contributed by atoms with Crippen LogP contribution in [-0.2, 0) is 4.79 Å². The molecule has 3 heteroatoms. The number of amides is 1. The van der Waals surface area contributed by atoms with Gasteiger partial charge < -0.3 is 10.6 Å². The van der Waals surface area contributed by atoms with Crippen LogP contribution in [0.4, 0.5) is 0 Å². The third-order valence-electron chi connectivity index (χ3n) is 3.08. The summed E-state index contributed by atoms with van der Waals surface area (Å²) in [6.07, 6.45) is 3.38. The lowest BCUT2D eigenvalue weighted by Gasteiger charge is -2.18. The molecule has 0 spiro atoms. The van der Waals surface area contributed by atoms with E-state index in [4.69, 9.17) is 0 Å². The number of hydrogen-bond acceptors (Lipinski definition) is 2. The van der Waals surface area contributed by atoms with Crippen molar-refractivity contribution in [1.29, 1.82) is 0 Å². The van der Waals surface area contributed by atoms with Gasteiger partial charge in [-0.3, -0.25) is 4.79 Å². The van der Waals surface area contributed by atoms with Crippen LogP contribution in [0, 0.1) is 5.92 Å². The second kappa shape index (κ2) is 5.50. The van der Waals surface area contributed by atoms with E-state index < -0.39 is 0 Å². The first-order chi connectivity index (χ1) is 7.04. The molecular weight excluding hydrogens is 188 g/mol. The summed E-state index contributed by atoms with van der Waals surface area (Å²) < 4.78 is 0. The smallest absolute Gasteiger partial charge is 0.237 e. The van der Waals surface area contributed by atoms with Crippen LogP contribution in [0.1, 0.15) is 47.0 Å². The predicted octanol–water partition coefficient (Wildman–Crippen LogP) is 1.68. The maximum absolute atomic E-state index is 11.7. The number of rotatable bonds is 6. The van der Waals surface area contributed by atoms with Crippen molar-refractivity contribution in [3.63, 3.8) is 0 Å². The summed E-state index contributed by atoms with van der Waals surface area (Å²) in [6.45, 7) is 8.35. The summed E-state index contributed by atoms with van der Waals surface area (Å²) in [5.41, 5.74) is 0. The van der Waals surface area contributed by atoms with Crippen LogP contribution in [-0.4, -0.2) is 24.0 Å². The summed E-state index contributed by atoms with van der Waals surface area (Å²) in [5, 5.41) is 6.37. The molecule has 0 aliphatic heterocycles. The Morgan fingerprint density at radius 2 is 2.07 bits per heavy atom. The van der Waals surface area contributed by atoms with Crippen molar-refractivity contribution >= 4 is 5.91 Å². The molecule has 4 atom stereocenters. The molecule has 1 saturated carbocycles. The molecular formula is C12H24N2O. The highest BCUT2D eigenvalue weighted by Gasteiger charge is 2.34. The molecule has 0 aromatic rings. The van der Waals surface area contributed by atoms with Crippen LogP contribution in [0.25, 0.3) is 0 Å². The molecule has 0 aromatic carbocycles. The van der Waals surface area contributed by atoms with Crippen LogP contribution in [0.2, 0.25) is 0 Å². The molecule has 15 heavy (non-hydrogen) atoms. The van der Waals surface area contributed by atoms with Crippen molar-refractivity contribution in [2.45, 2.75) is 65.1 Å². The fraction of sp³-hybridized carbons (Fsp3) is 0.917. The average Bonchev–Trinajstić information content (AvgIpc) is 2.81. The van der Waals surface area contributed by atoms with Crippen LogP contribution in [0.5, 0.6) is 0 Å². The van der Waals surface area contributed by atoms with Crippen LogP contribution < -0.4 is 10.6 Å². The average molecular weight is 212 g/mol. The molecule has 1 amide bonds. The Bertz CT molecular complexity index is 218. The van der Waals surface area contributed by atoms with Crippen molar-refractivity contribution in [2.24, 2.45) is 5.92 Å². The number of carbonyl (C=O) groups excluding carboxylic acids is 1. The molecule has 1 aliphatic rings. The molecule has 0 saturated heterocycles. The van der Waals surface area contributed by atoms with E-state index in [0.29, 0.717) is 12.1 Å². The lowest BCUT2D eigenvalue weighted by atomic mass is 10.2. The van der Waals surface area contributed by atoms with E-state index in [2.05, 4.69) is 31.4 Å². The lowest BCUT2D eigenvalue weighted by molar-refractivity contribution is -0.123. The molecule has 4 unspecified atom stereocenters. The minimum atomic E-state index is -0.0562. The zero-order valence-corrected chi connectivity index (χ0v) is 10.3. The highest BCUT2D eigenvalue weighted by molar-refractivity contribution is 5.81. The van der Waals surface area contributed by atoms with E-state index in [1.807, 2.05) is 6.92 Å². The summed E-state index contributed by atoms with van der Waals surface area (Å²) in [4.78, 5) is 11.7. The minimum Gasteiger partial charge on any atom is -0.352 e. The Morgan fingerprint density at radius 1 is 1.47 bits per heavy atom. The van der Waals surface area contributed by atoms with E-state index in [9.17, 15) is 4.79 Å². The van der Waals surface area contributed by atoms with Gasteiger partial charge in [-0.1, -0.05) is 20.3 Å². The topological polar surface area (TPSA) is 41.1 Å². The fourth-order valence-electron chi connectivity index (χ4n) is 1.82. The van der Waals surface area contributed by atoms with Crippen molar-refractivity contribution < 1.29 is 4.79 Å². The zero-order chi connectivity index (χ0) is 11.4. The maximum atomic E-state index is 11.7. The first kappa shape index (κ1) is 12.5. The summed E-state index contributed by atoms with van der Waals surface area (Å²) in [5.74, 6) is 0.878. The van der Waals surface area contributed by atoms with Gasteiger partial charge in [-0.2, -0.15) is 0 Å². The molecule has 1 aliphatic carbocycles. The largest absolute Gasteiger partial charge is 0.352 e. The number of carbonyl (C=O) groups is 1. The Kier molecular flexibility index (Phi) is 4.58.